The van der Waals surface area contributed by atoms with Crippen molar-refractivity contribution in [3.8, 4) is 0 Å². The minimum atomic E-state index is -1.05. The Morgan fingerprint density at radius 1 is 1.44 bits per heavy atom. The normalized spacial score (nSPS) is 19.2. The number of imidazole rings is 1. The van der Waals surface area contributed by atoms with Crippen LogP contribution in [-0.2, 0) is 17.8 Å². The molecule has 0 fully saturated rings. The molecule has 2 N–H and O–H groups in total. The molecule has 6 heteroatoms. The number of aromatic carboxylic acids is 1. The standard InChI is InChI=1S/C10H12N2O4/c1-5-11-8(10(15)16)7-3-2-6(9(13)14)4-12(5)7/h6H,2-4H2,1H3,(H,13,14)(H,15,16). The third kappa shape index (κ3) is 1.56. The monoisotopic (exact) mass is 224 g/mol. The highest BCUT2D eigenvalue weighted by Gasteiger charge is 2.29. The molecule has 6 nitrogen and oxygen atoms in total. The first kappa shape index (κ1) is 10.7. The lowest BCUT2D eigenvalue weighted by Gasteiger charge is -2.22. The summed E-state index contributed by atoms with van der Waals surface area (Å²) in [5.41, 5.74) is 0.698. The van der Waals surface area contributed by atoms with Crippen LogP contribution in [0.5, 0.6) is 0 Å². The summed E-state index contributed by atoms with van der Waals surface area (Å²) in [6, 6.07) is 0. The summed E-state index contributed by atoms with van der Waals surface area (Å²) < 4.78 is 1.70. The summed E-state index contributed by atoms with van der Waals surface area (Å²) in [6.45, 7) is 2.01. The highest BCUT2D eigenvalue weighted by Crippen LogP contribution is 2.24. The van der Waals surface area contributed by atoms with Crippen molar-refractivity contribution < 1.29 is 19.8 Å². The number of carboxylic acids is 2. The van der Waals surface area contributed by atoms with Crippen LogP contribution in [0.3, 0.4) is 0 Å². The quantitative estimate of drug-likeness (QED) is 0.764. The molecule has 1 aromatic rings. The van der Waals surface area contributed by atoms with Crippen LogP contribution < -0.4 is 0 Å². The largest absolute Gasteiger partial charge is 0.481 e. The van der Waals surface area contributed by atoms with E-state index in [0.717, 1.165) is 0 Å². The average molecular weight is 224 g/mol. The molecule has 2 rings (SSSR count). The maximum atomic E-state index is 10.9. The van der Waals surface area contributed by atoms with Crippen molar-refractivity contribution in [3.05, 3.63) is 17.2 Å². The molecule has 0 saturated heterocycles. The van der Waals surface area contributed by atoms with Gasteiger partial charge in [0.2, 0.25) is 0 Å². The Morgan fingerprint density at radius 2 is 2.12 bits per heavy atom. The first-order valence-electron chi connectivity index (χ1n) is 5.02. The predicted molar refractivity (Wildman–Crippen MR) is 53.4 cm³/mol. The van der Waals surface area contributed by atoms with Crippen molar-refractivity contribution in [1.29, 1.82) is 0 Å². The van der Waals surface area contributed by atoms with Gasteiger partial charge in [0.25, 0.3) is 0 Å². The molecule has 0 aromatic carbocycles. The second-order valence-electron chi connectivity index (χ2n) is 3.94. The van der Waals surface area contributed by atoms with E-state index < -0.39 is 17.9 Å². The van der Waals surface area contributed by atoms with Crippen LogP contribution in [-0.4, -0.2) is 31.7 Å². The van der Waals surface area contributed by atoms with E-state index in [1.54, 1.807) is 11.5 Å². The second-order valence-corrected chi connectivity index (χ2v) is 3.94. The fraction of sp³-hybridized carbons (Fsp3) is 0.500. The van der Waals surface area contributed by atoms with E-state index in [4.69, 9.17) is 10.2 Å². The maximum Gasteiger partial charge on any atom is 0.356 e. The van der Waals surface area contributed by atoms with Crippen LogP contribution in [0.1, 0.15) is 28.4 Å². The van der Waals surface area contributed by atoms with Gasteiger partial charge in [-0.1, -0.05) is 0 Å². The molecule has 2 heterocycles. The van der Waals surface area contributed by atoms with Gasteiger partial charge in [-0.2, -0.15) is 0 Å². The molecule has 0 aliphatic carbocycles. The minimum absolute atomic E-state index is 0.0568. The fourth-order valence-electron chi connectivity index (χ4n) is 2.10. The van der Waals surface area contributed by atoms with Gasteiger partial charge in [-0.15, -0.1) is 0 Å². The van der Waals surface area contributed by atoms with E-state index in [0.29, 0.717) is 30.9 Å². The van der Waals surface area contributed by atoms with E-state index in [1.807, 2.05) is 0 Å². The van der Waals surface area contributed by atoms with E-state index in [1.165, 1.54) is 0 Å². The minimum Gasteiger partial charge on any atom is -0.481 e. The fourth-order valence-corrected chi connectivity index (χ4v) is 2.10. The Balaban J connectivity index is 2.40. The third-order valence-corrected chi connectivity index (χ3v) is 2.95. The predicted octanol–water partition coefficient (Wildman–Crippen LogP) is 0.537. The van der Waals surface area contributed by atoms with Crippen molar-refractivity contribution in [1.82, 2.24) is 9.55 Å². The highest BCUT2D eigenvalue weighted by atomic mass is 16.4. The molecule has 86 valence electrons. The van der Waals surface area contributed by atoms with Gasteiger partial charge in [0.1, 0.15) is 5.82 Å². The van der Waals surface area contributed by atoms with Gasteiger partial charge < -0.3 is 14.8 Å². The molecule has 0 bridgehead atoms. The number of fused-ring (bicyclic) bond motifs is 1. The topological polar surface area (TPSA) is 92.4 Å². The molecule has 0 spiro atoms. The van der Waals surface area contributed by atoms with E-state index in [2.05, 4.69) is 4.98 Å². The smallest absolute Gasteiger partial charge is 0.356 e. The van der Waals surface area contributed by atoms with Gasteiger partial charge in [0, 0.05) is 6.54 Å². The van der Waals surface area contributed by atoms with Crippen molar-refractivity contribution in [3.63, 3.8) is 0 Å². The van der Waals surface area contributed by atoms with Crippen molar-refractivity contribution in [2.24, 2.45) is 5.92 Å². The third-order valence-electron chi connectivity index (χ3n) is 2.95. The van der Waals surface area contributed by atoms with Crippen LogP contribution in [0.4, 0.5) is 0 Å². The Morgan fingerprint density at radius 3 is 2.69 bits per heavy atom. The molecule has 0 saturated carbocycles. The molecule has 1 aromatic heterocycles. The number of nitrogens with zero attached hydrogens (tertiary/aromatic N) is 2. The van der Waals surface area contributed by atoms with Gasteiger partial charge in [-0.25, -0.2) is 9.78 Å². The van der Waals surface area contributed by atoms with Gasteiger partial charge in [0.15, 0.2) is 5.69 Å². The molecule has 16 heavy (non-hydrogen) atoms. The summed E-state index contributed by atoms with van der Waals surface area (Å²) in [4.78, 5) is 25.7. The lowest BCUT2D eigenvalue weighted by Crippen LogP contribution is -2.27. The SMILES string of the molecule is Cc1nc(C(=O)O)c2n1CC(C(=O)O)CC2. The van der Waals surface area contributed by atoms with E-state index in [-0.39, 0.29) is 5.69 Å². The van der Waals surface area contributed by atoms with Gasteiger partial charge in [-0.05, 0) is 19.8 Å². The number of aromatic nitrogens is 2. The van der Waals surface area contributed by atoms with Crippen molar-refractivity contribution in [2.75, 3.05) is 0 Å². The molecular weight excluding hydrogens is 212 g/mol. The summed E-state index contributed by atoms with van der Waals surface area (Å²) >= 11 is 0. The van der Waals surface area contributed by atoms with Gasteiger partial charge in [-0.3, -0.25) is 4.79 Å². The van der Waals surface area contributed by atoms with Crippen LogP contribution in [0.25, 0.3) is 0 Å². The lowest BCUT2D eigenvalue weighted by atomic mass is 9.97. The molecule has 0 amide bonds. The van der Waals surface area contributed by atoms with Gasteiger partial charge >= 0.3 is 11.9 Å². The number of hydrogen-bond donors (Lipinski definition) is 2. The van der Waals surface area contributed by atoms with E-state index >= 15 is 0 Å². The van der Waals surface area contributed by atoms with Crippen LogP contribution >= 0.6 is 0 Å². The zero-order valence-corrected chi connectivity index (χ0v) is 8.80. The van der Waals surface area contributed by atoms with Crippen LogP contribution in [0.2, 0.25) is 0 Å². The first-order valence-corrected chi connectivity index (χ1v) is 5.02. The summed E-state index contributed by atoms with van der Waals surface area (Å²) in [6.07, 6.45) is 0.931. The maximum absolute atomic E-state index is 10.9. The lowest BCUT2D eigenvalue weighted by molar-refractivity contribution is -0.142. The average Bonchev–Trinajstić information content (AvgIpc) is 2.56. The number of hydrogen-bond acceptors (Lipinski definition) is 3. The number of aryl methyl sites for hydroxylation is 1. The molecule has 1 aliphatic heterocycles. The number of rotatable bonds is 2. The van der Waals surface area contributed by atoms with Crippen LogP contribution in [0.15, 0.2) is 0 Å². The molecule has 1 aliphatic rings. The Bertz CT molecular complexity index is 464. The second kappa shape index (κ2) is 3.62. The highest BCUT2D eigenvalue weighted by molar-refractivity contribution is 5.87. The number of aliphatic carboxylic acids is 1. The Kier molecular flexibility index (Phi) is 2.41. The Labute approximate surface area is 91.5 Å². The first-order chi connectivity index (χ1) is 7.50. The van der Waals surface area contributed by atoms with Crippen LogP contribution in [0, 0.1) is 12.8 Å². The molecule has 1 unspecified atom stereocenters. The van der Waals surface area contributed by atoms with Gasteiger partial charge in [0.05, 0.1) is 11.6 Å². The summed E-state index contributed by atoms with van der Waals surface area (Å²) in [5, 5.41) is 17.9. The zero-order chi connectivity index (χ0) is 11.9. The number of carboxylic acid groups (broad SMARTS) is 2. The molecular formula is C10H12N2O4. The Hall–Kier alpha value is -1.85. The molecule has 1 atom stereocenters. The zero-order valence-electron chi connectivity index (χ0n) is 8.80. The van der Waals surface area contributed by atoms with E-state index in [9.17, 15) is 9.59 Å². The van der Waals surface area contributed by atoms with Crippen molar-refractivity contribution >= 4 is 11.9 Å². The number of carbonyl (C=O) groups is 2. The van der Waals surface area contributed by atoms with Crippen molar-refractivity contribution in [2.45, 2.75) is 26.3 Å². The summed E-state index contributed by atoms with van der Waals surface area (Å²) in [7, 11) is 0. The summed E-state index contributed by atoms with van der Waals surface area (Å²) in [5.74, 6) is -1.76. The molecule has 0 radical (unpaired) electrons.